The van der Waals surface area contributed by atoms with Crippen LogP contribution in [0.15, 0.2) is 47.7 Å². The summed E-state index contributed by atoms with van der Waals surface area (Å²) in [4.78, 5) is 4.02. The van der Waals surface area contributed by atoms with E-state index in [2.05, 4.69) is 10.1 Å². The van der Waals surface area contributed by atoms with Crippen molar-refractivity contribution in [1.29, 1.82) is 0 Å². The van der Waals surface area contributed by atoms with E-state index in [9.17, 15) is 13.2 Å². The first-order valence-corrected chi connectivity index (χ1v) is 7.64. The zero-order valence-electron chi connectivity index (χ0n) is 13.8. The highest BCUT2D eigenvalue weighted by atomic mass is 19.1. The molecule has 1 heterocycles. The lowest BCUT2D eigenvalue weighted by Crippen LogP contribution is -2.02. The van der Waals surface area contributed by atoms with E-state index in [1.807, 2.05) is 0 Å². The standard InChI is InChI=1S/C18H15F3N4O/c1-11-9-25(18(22)24-11)23-8-12-2-4-15(20)7-17(12)26-10-13-3-5-14(19)6-16(13)21/h2-9H,10H2,1H3,(H2,22,24). The van der Waals surface area contributed by atoms with Crippen LogP contribution in [0.3, 0.4) is 0 Å². The Morgan fingerprint density at radius 1 is 1.15 bits per heavy atom. The van der Waals surface area contributed by atoms with Gasteiger partial charge < -0.3 is 10.5 Å². The third-order valence-electron chi connectivity index (χ3n) is 3.53. The molecule has 1 aromatic heterocycles. The van der Waals surface area contributed by atoms with Crippen molar-refractivity contribution in [3.8, 4) is 5.75 Å². The van der Waals surface area contributed by atoms with E-state index in [1.165, 1.54) is 29.1 Å². The number of nitrogens with two attached hydrogens (primary N) is 1. The van der Waals surface area contributed by atoms with Gasteiger partial charge in [-0.25, -0.2) is 22.8 Å². The minimum absolute atomic E-state index is 0.146. The van der Waals surface area contributed by atoms with Crippen LogP contribution in [0.1, 0.15) is 16.8 Å². The smallest absolute Gasteiger partial charge is 0.221 e. The number of nitrogen functional groups attached to an aromatic ring is 1. The predicted molar refractivity (Wildman–Crippen MR) is 91.5 cm³/mol. The topological polar surface area (TPSA) is 65.4 Å². The lowest BCUT2D eigenvalue weighted by Gasteiger charge is -2.10. The third-order valence-corrected chi connectivity index (χ3v) is 3.53. The van der Waals surface area contributed by atoms with Gasteiger partial charge in [0.15, 0.2) is 0 Å². The van der Waals surface area contributed by atoms with Crippen LogP contribution in [0, 0.1) is 24.4 Å². The highest BCUT2D eigenvalue weighted by molar-refractivity contribution is 5.83. The average Bonchev–Trinajstić information content (AvgIpc) is 2.90. The number of aromatic nitrogens is 2. The largest absolute Gasteiger partial charge is 0.488 e. The zero-order chi connectivity index (χ0) is 18.7. The van der Waals surface area contributed by atoms with E-state index in [0.717, 1.165) is 18.2 Å². The molecule has 8 heteroatoms. The van der Waals surface area contributed by atoms with Gasteiger partial charge in [0.1, 0.15) is 29.8 Å². The summed E-state index contributed by atoms with van der Waals surface area (Å²) in [5.74, 6) is -1.57. The number of rotatable bonds is 5. The maximum Gasteiger partial charge on any atom is 0.221 e. The van der Waals surface area contributed by atoms with Gasteiger partial charge in [0.05, 0.1) is 18.1 Å². The van der Waals surface area contributed by atoms with Crippen molar-refractivity contribution in [2.24, 2.45) is 5.10 Å². The molecule has 0 atom stereocenters. The van der Waals surface area contributed by atoms with Crippen molar-refractivity contribution in [2.75, 3.05) is 5.73 Å². The molecule has 0 aliphatic rings. The van der Waals surface area contributed by atoms with Crippen molar-refractivity contribution in [3.63, 3.8) is 0 Å². The van der Waals surface area contributed by atoms with Crippen LogP contribution < -0.4 is 10.5 Å². The molecule has 0 saturated heterocycles. The molecule has 0 fully saturated rings. The summed E-state index contributed by atoms with van der Waals surface area (Å²) in [7, 11) is 0. The minimum atomic E-state index is -0.738. The second kappa shape index (κ2) is 7.30. The molecule has 0 aliphatic carbocycles. The van der Waals surface area contributed by atoms with Crippen LogP contribution in [0.25, 0.3) is 0 Å². The van der Waals surface area contributed by atoms with E-state index < -0.39 is 17.5 Å². The molecule has 2 aromatic carbocycles. The maximum atomic E-state index is 13.7. The lowest BCUT2D eigenvalue weighted by molar-refractivity contribution is 0.297. The second-order valence-electron chi connectivity index (χ2n) is 5.54. The molecular weight excluding hydrogens is 345 g/mol. The first-order chi connectivity index (χ1) is 12.4. The monoisotopic (exact) mass is 360 g/mol. The summed E-state index contributed by atoms with van der Waals surface area (Å²) in [6.45, 7) is 1.58. The van der Waals surface area contributed by atoms with Gasteiger partial charge in [-0.1, -0.05) is 0 Å². The summed E-state index contributed by atoms with van der Waals surface area (Å²) >= 11 is 0. The quantitative estimate of drug-likeness (QED) is 0.707. The molecule has 5 nitrogen and oxygen atoms in total. The fourth-order valence-electron chi connectivity index (χ4n) is 2.25. The fourth-order valence-corrected chi connectivity index (χ4v) is 2.25. The number of aryl methyl sites for hydroxylation is 1. The first-order valence-electron chi connectivity index (χ1n) is 7.64. The highest BCUT2D eigenvalue weighted by Gasteiger charge is 2.08. The SMILES string of the molecule is Cc1cn(N=Cc2ccc(F)cc2OCc2ccc(F)cc2F)c(N)n1. The summed E-state index contributed by atoms with van der Waals surface area (Å²) in [6, 6.07) is 7.03. The van der Waals surface area contributed by atoms with Crippen LogP contribution in [0.5, 0.6) is 5.75 Å². The molecule has 26 heavy (non-hydrogen) atoms. The van der Waals surface area contributed by atoms with Crippen LogP contribution in [-0.4, -0.2) is 15.9 Å². The van der Waals surface area contributed by atoms with Gasteiger partial charge in [0.25, 0.3) is 0 Å². The van der Waals surface area contributed by atoms with Crippen molar-refractivity contribution in [1.82, 2.24) is 9.66 Å². The first kappa shape index (κ1) is 17.5. The van der Waals surface area contributed by atoms with Crippen LogP contribution in [0.2, 0.25) is 0 Å². The summed E-state index contributed by atoms with van der Waals surface area (Å²) in [6.07, 6.45) is 3.05. The van der Waals surface area contributed by atoms with Gasteiger partial charge in [0.2, 0.25) is 5.95 Å². The molecule has 0 unspecified atom stereocenters. The average molecular weight is 360 g/mol. The van der Waals surface area contributed by atoms with Gasteiger partial charge in [-0.05, 0) is 31.2 Å². The normalized spacial score (nSPS) is 11.2. The van der Waals surface area contributed by atoms with Crippen LogP contribution in [0.4, 0.5) is 19.1 Å². The maximum absolute atomic E-state index is 13.7. The number of imidazole rings is 1. The van der Waals surface area contributed by atoms with Crippen molar-refractivity contribution >= 4 is 12.2 Å². The van der Waals surface area contributed by atoms with E-state index in [1.54, 1.807) is 13.1 Å². The summed E-state index contributed by atoms with van der Waals surface area (Å²) in [5.41, 5.74) is 7.01. The van der Waals surface area contributed by atoms with E-state index >= 15 is 0 Å². The Labute approximate surface area is 147 Å². The lowest BCUT2D eigenvalue weighted by atomic mass is 10.2. The molecule has 134 valence electrons. The Bertz CT molecular complexity index is 969. The van der Waals surface area contributed by atoms with E-state index in [-0.39, 0.29) is 23.9 Å². The predicted octanol–water partition coefficient (Wildman–Crippen LogP) is 3.65. The highest BCUT2D eigenvalue weighted by Crippen LogP contribution is 2.21. The Hall–Kier alpha value is -3.29. The molecule has 0 bridgehead atoms. The van der Waals surface area contributed by atoms with Crippen molar-refractivity contribution in [3.05, 3.63) is 76.9 Å². The number of hydrogen-bond acceptors (Lipinski definition) is 4. The number of nitrogens with zero attached hydrogens (tertiary/aromatic N) is 3. The molecule has 3 aromatic rings. The van der Waals surface area contributed by atoms with E-state index in [0.29, 0.717) is 11.3 Å². The fraction of sp³-hybridized carbons (Fsp3) is 0.111. The van der Waals surface area contributed by atoms with Gasteiger partial charge in [-0.2, -0.15) is 5.10 Å². The Balaban J connectivity index is 1.82. The van der Waals surface area contributed by atoms with Gasteiger partial charge in [-0.3, -0.25) is 0 Å². The number of ether oxygens (including phenoxy) is 1. The van der Waals surface area contributed by atoms with Gasteiger partial charge in [-0.15, -0.1) is 0 Å². The minimum Gasteiger partial charge on any atom is -0.488 e. The summed E-state index contributed by atoms with van der Waals surface area (Å²) < 4.78 is 47.1. The molecule has 0 aliphatic heterocycles. The number of halogens is 3. The van der Waals surface area contributed by atoms with Crippen LogP contribution >= 0.6 is 0 Å². The zero-order valence-corrected chi connectivity index (χ0v) is 13.8. The van der Waals surface area contributed by atoms with Crippen molar-refractivity contribution in [2.45, 2.75) is 13.5 Å². The number of hydrogen-bond donors (Lipinski definition) is 1. The number of anilines is 1. The Morgan fingerprint density at radius 3 is 2.58 bits per heavy atom. The van der Waals surface area contributed by atoms with Crippen LogP contribution in [-0.2, 0) is 6.61 Å². The second-order valence-corrected chi connectivity index (χ2v) is 5.54. The van der Waals surface area contributed by atoms with Crippen molar-refractivity contribution < 1.29 is 17.9 Å². The molecule has 0 spiro atoms. The van der Waals surface area contributed by atoms with E-state index in [4.69, 9.17) is 10.5 Å². The Morgan fingerprint density at radius 2 is 1.88 bits per heavy atom. The van der Waals surface area contributed by atoms with Gasteiger partial charge >= 0.3 is 0 Å². The molecular formula is C18H15F3N4O. The number of benzene rings is 2. The third kappa shape index (κ3) is 4.02. The molecule has 2 N–H and O–H groups in total. The molecule has 0 amide bonds. The van der Waals surface area contributed by atoms with Gasteiger partial charge in [0, 0.05) is 23.3 Å². The molecule has 0 saturated carbocycles. The Kier molecular flexibility index (Phi) is 4.92. The molecule has 0 radical (unpaired) electrons. The molecule has 3 rings (SSSR count). The summed E-state index contributed by atoms with van der Waals surface area (Å²) in [5, 5.41) is 4.15.